The van der Waals surface area contributed by atoms with Gasteiger partial charge in [0.15, 0.2) is 0 Å². The van der Waals surface area contributed by atoms with Crippen molar-refractivity contribution in [3.8, 4) is 22.9 Å². The van der Waals surface area contributed by atoms with Gasteiger partial charge in [-0.2, -0.15) is 0 Å². The van der Waals surface area contributed by atoms with Gasteiger partial charge in [-0.3, -0.25) is 9.69 Å². The molecule has 192 valence electrons. The molecule has 0 bridgehead atoms. The molecule has 5 aromatic rings. The summed E-state index contributed by atoms with van der Waals surface area (Å²) in [7, 11) is 1.64. The monoisotopic (exact) mass is 512 g/mol. The first kappa shape index (κ1) is 24.3. The molecule has 0 aliphatic carbocycles. The van der Waals surface area contributed by atoms with Gasteiger partial charge in [-0.1, -0.05) is 36.4 Å². The Morgan fingerprint density at radius 2 is 1.31 bits per heavy atom. The largest absolute Gasteiger partial charge is 0.497 e. The van der Waals surface area contributed by atoms with Crippen LogP contribution < -0.4 is 14.4 Å². The quantitative estimate of drug-likeness (QED) is 0.216. The first-order valence-electron chi connectivity index (χ1n) is 12.9. The van der Waals surface area contributed by atoms with Gasteiger partial charge in [0.05, 0.1) is 18.4 Å². The Balaban J connectivity index is 1.31. The summed E-state index contributed by atoms with van der Waals surface area (Å²) in [4.78, 5) is 15.5. The fraction of sp³-hybridized carbons (Fsp3) is 0.0882. The molecule has 5 nitrogen and oxygen atoms in total. The van der Waals surface area contributed by atoms with Gasteiger partial charge >= 0.3 is 0 Å². The molecule has 0 fully saturated rings. The standard InChI is InChI=1S/C34H28N2O3/c1-23-21-25(22-32-31-11-7-8-12-33(31)36(34(32)37)26-9-5-4-6-10-26)24(2)35(23)27-13-15-29(16-14-27)39-30-19-17-28(38-3)18-20-30/h4-22H,1-3H3/b32-22+. The first-order chi connectivity index (χ1) is 19.0. The van der Waals surface area contributed by atoms with E-state index < -0.39 is 0 Å². The third-order valence-corrected chi connectivity index (χ3v) is 7.04. The molecule has 39 heavy (non-hydrogen) atoms. The van der Waals surface area contributed by atoms with Crippen LogP contribution in [0.25, 0.3) is 17.3 Å². The van der Waals surface area contributed by atoms with Crippen molar-refractivity contribution in [2.75, 3.05) is 12.0 Å². The number of amides is 1. The number of aryl methyl sites for hydroxylation is 1. The van der Waals surface area contributed by atoms with E-state index in [1.165, 1.54) is 0 Å². The SMILES string of the molecule is COc1ccc(Oc2ccc(-n3c(C)cc(/C=C4/C(=O)N(c5ccccc5)c5ccccc54)c3C)cc2)cc1. The molecule has 6 rings (SSSR count). The lowest BCUT2D eigenvalue weighted by molar-refractivity contribution is -0.112. The average Bonchev–Trinajstić information content (AvgIpc) is 3.41. The number of hydrogen-bond donors (Lipinski definition) is 0. The smallest absolute Gasteiger partial charge is 0.263 e. The van der Waals surface area contributed by atoms with E-state index in [1.807, 2.05) is 109 Å². The van der Waals surface area contributed by atoms with Gasteiger partial charge in [0.1, 0.15) is 17.2 Å². The molecule has 0 saturated carbocycles. The van der Waals surface area contributed by atoms with Crippen LogP contribution in [0.2, 0.25) is 0 Å². The van der Waals surface area contributed by atoms with Crippen molar-refractivity contribution in [2.24, 2.45) is 0 Å². The Hall–Kier alpha value is -5.03. The van der Waals surface area contributed by atoms with Crippen LogP contribution in [0.4, 0.5) is 11.4 Å². The second-order valence-electron chi connectivity index (χ2n) is 9.48. The van der Waals surface area contributed by atoms with Gasteiger partial charge in [-0.25, -0.2) is 0 Å². The van der Waals surface area contributed by atoms with E-state index in [9.17, 15) is 4.79 Å². The Labute approximate surface area is 228 Å². The summed E-state index contributed by atoms with van der Waals surface area (Å²) < 4.78 is 13.4. The molecule has 0 saturated heterocycles. The highest BCUT2D eigenvalue weighted by molar-refractivity contribution is 6.38. The van der Waals surface area contributed by atoms with Crippen molar-refractivity contribution in [1.29, 1.82) is 0 Å². The molecule has 1 amide bonds. The van der Waals surface area contributed by atoms with Crippen molar-refractivity contribution >= 4 is 28.9 Å². The van der Waals surface area contributed by atoms with E-state index in [-0.39, 0.29) is 5.91 Å². The molecule has 0 atom stereocenters. The Bertz CT molecular complexity index is 1680. The van der Waals surface area contributed by atoms with Gasteiger partial charge in [0, 0.05) is 28.3 Å². The highest BCUT2D eigenvalue weighted by atomic mass is 16.5. The van der Waals surface area contributed by atoms with Crippen LogP contribution >= 0.6 is 0 Å². The number of methoxy groups -OCH3 is 1. The van der Waals surface area contributed by atoms with Gasteiger partial charge < -0.3 is 14.0 Å². The molecular weight excluding hydrogens is 484 g/mol. The second-order valence-corrected chi connectivity index (χ2v) is 9.48. The van der Waals surface area contributed by atoms with Crippen molar-refractivity contribution in [3.63, 3.8) is 0 Å². The number of ether oxygens (including phenoxy) is 2. The van der Waals surface area contributed by atoms with Crippen molar-refractivity contribution < 1.29 is 14.3 Å². The number of aromatic nitrogens is 1. The highest BCUT2D eigenvalue weighted by Gasteiger charge is 2.33. The molecule has 1 aliphatic heterocycles. The molecule has 5 heteroatoms. The second kappa shape index (κ2) is 10.0. The summed E-state index contributed by atoms with van der Waals surface area (Å²) in [5.41, 5.74) is 7.59. The maximum Gasteiger partial charge on any atom is 0.263 e. The van der Waals surface area contributed by atoms with Crippen LogP contribution in [0.1, 0.15) is 22.5 Å². The summed E-state index contributed by atoms with van der Waals surface area (Å²) in [5, 5.41) is 0. The van der Waals surface area contributed by atoms with E-state index in [0.717, 1.165) is 56.8 Å². The lowest BCUT2D eigenvalue weighted by Gasteiger charge is -2.16. The summed E-state index contributed by atoms with van der Waals surface area (Å²) in [6, 6.07) is 35.4. The van der Waals surface area contributed by atoms with E-state index >= 15 is 0 Å². The van der Waals surface area contributed by atoms with Crippen molar-refractivity contribution in [2.45, 2.75) is 13.8 Å². The predicted molar refractivity (Wildman–Crippen MR) is 156 cm³/mol. The number of benzene rings is 4. The molecule has 1 aliphatic rings. The van der Waals surface area contributed by atoms with Crippen LogP contribution in [-0.2, 0) is 4.79 Å². The zero-order valence-electron chi connectivity index (χ0n) is 22.1. The molecule has 1 aromatic heterocycles. The number of rotatable bonds is 6. The van der Waals surface area contributed by atoms with Crippen LogP contribution in [0, 0.1) is 13.8 Å². The number of fused-ring (bicyclic) bond motifs is 1. The number of anilines is 2. The zero-order valence-corrected chi connectivity index (χ0v) is 22.1. The van der Waals surface area contributed by atoms with Gasteiger partial charge in [-0.05, 0) is 98.3 Å². The maximum atomic E-state index is 13.7. The minimum absolute atomic E-state index is 0.0211. The molecular formula is C34H28N2O3. The predicted octanol–water partition coefficient (Wildman–Crippen LogP) is 8.11. The number of nitrogens with zero attached hydrogens (tertiary/aromatic N) is 2. The molecule has 0 radical (unpaired) electrons. The lowest BCUT2D eigenvalue weighted by atomic mass is 10.0. The van der Waals surface area contributed by atoms with E-state index in [4.69, 9.17) is 9.47 Å². The fourth-order valence-electron chi connectivity index (χ4n) is 5.14. The van der Waals surface area contributed by atoms with Gasteiger partial charge in [0.25, 0.3) is 5.91 Å². The molecule has 0 unspecified atom stereocenters. The maximum absolute atomic E-state index is 13.7. The van der Waals surface area contributed by atoms with Crippen LogP contribution in [-0.4, -0.2) is 17.6 Å². The van der Waals surface area contributed by atoms with Crippen LogP contribution in [0.5, 0.6) is 17.2 Å². The minimum Gasteiger partial charge on any atom is -0.497 e. The third-order valence-electron chi connectivity index (χ3n) is 7.04. The molecule has 0 N–H and O–H groups in total. The topological polar surface area (TPSA) is 43.7 Å². The molecule has 2 heterocycles. The van der Waals surface area contributed by atoms with Crippen molar-refractivity contribution in [3.05, 3.63) is 132 Å². The van der Waals surface area contributed by atoms with Crippen LogP contribution in [0.3, 0.4) is 0 Å². The third kappa shape index (κ3) is 4.48. The summed E-state index contributed by atoms with van der Waals surface area (Å²) >= 11 is 0. The van der Waals surface area contributed by atoms with Crippen molar-refractivity contribution in [1.82, 2.24) is 4.57 Å². The Kier molecular flexibility index (Phi) is 6.25. The normalized spacial score (nSPS) is 13.6. The zero-order chi connectivity index (χ0) is 26.9. The summed E-state index contributed by atoms with van der Waals surface area (Å²) in [6.07, 6.45) is 2.02. The average molecular weight is 513 g/mol. The fourth-order valence-corrected chi connectivity index (χ4v) is 5.14. The van der Waals surface area contributed by atoms with Crippen LogP contribution in [0.15, 0.2) is 109 Å². The number of hydrogen-bond acceptors (Lipinski definition) is 3. The molecule has 4 aromatic carbocycles. The summed E-state index contributed by atoms with van der Waals surface area (Å²) in [6.45, 7) is 4.17. The molecule has 0 spiro atoms. The first-order valence-corrected chi connectivity index (χ1v) is 12.9. The number of carbonyl (C=O) groups is 1. The number of carbonyl (C=O) groups excluding carboxylic acids is 1. The minimum atomic E-state index is -0.0211. The number of para-hydroxylation sites is 2. The Morgan fingerprint density at radius 1 is 0.692 bits per heavy atom. The van der Waals surface area contributed by atoms with E-state index in [2.05, 4.69) is 24.5 Å². The van der Waals surface area contributed by atoms with E-state index in [0.29, 0.717) is 5.57 Å². The van der Waals surface area contributed by atoms with Gasteiger partial charge in [-0.15, -0.1) is 0 Å². The van der Waals surface area contributed by atoms with Gasteiger partial charge in [0.2, 0.25) is 0 Å². The lowest BCUT2D eigenvalue weighted by Crippen LogP contribution is -2.20. The van der Waals surface area contributed by atoms with E-state index in [1.54, 1.807) is 12.0 Å². The summed E-state index contributed by atoms with van der Waals surface area (Å²) in [5.74, 6) is 2.27. The Morgan fingerprint density at radius 3 is 2.00 bits per heavy atom. The highest BCUT2D eigenvalue weighted by Crippen LogP contribution is 2.42.